The van der Waals surface area contributed by atoms with Crippen LogP contribution in [0.5, 0.6) is 0 Å². The van der Waals surface area contributed by atoms with E-state index in [1.54, 1.807) is 0 Å². The van der Waals surface area contributed by atoms with Crippen molar-refractivity contribution in [2.45, 2.75) is 24.8 Å². The molecule has 7 heteroatoms. The number of hydrogen-bond acceptors (Lipinski definition) is 4. The number of aryl methyl sites for hydroxylation is 1. The van der Waals surface area contributed by atoms with Crippen molar-refractivity contribution in [3.63, 3.8) is 0 Å². The number of fused-ring (bicyclic) bond motifs is 1. The van der Waals surface area contributed by atoms with Crippen LogP contribution in [0, 0.1) is 0 Å². The van der Waals surface area contributed by atoms with Crippen molar-refractivity contribution in [1.82, 2.24) is 4.57 Å². The fourth-order valence-electron chi connectivity index (χ4n) is 1.66. The first kappa shape index (κ1) is 11.9. The summed E-state index contributed by atoms with van der Waals surface area (Å²) >= 11 is 0. The van der Waals surface area contributed by atoms with Gasteiger partial charge in [-0.3, -0.25) is 4.57 Å². The van der Waals surface area contributed by atoms with Gasteiger partial charge in [-0.15, -0.1) is 0 Å². The van der Waals surface area contributed by atoms with Crippen molar-refractivity contribution in [1.29, 1.82) is 0 Å². The number of rotatable bonds is 3. The molecule has 0 spiro atoms. The van der Waals surface area contributed by atoms with Crippen LogP contribution in [0.4, 0.5) is 0 Å². The van der Waals surface area contributed by atoms with Gasteiger partial charge in [0.05, 0.1) is 10.4 Å². The zero-order chi connectivity index (χ0) is 12.6. The van der Waals surface area contributed by atoms with Gasteiger partial charge in [0, 0.05) is 12.6 Å². The SMILES string of the molecule is CCCn1c(=O)oc2cc(S(N)(=O)=O)ccc21. The fraction of sp³-hybridized carbons (Fsp3) is 0.300. The van der Waals surface area contributed by atoms with Crippen LogP contribution in [0.25, 0.3) is 11.1 Å². The highest BCUT2D eigenvalue weighted by Crippen LogP contribution is 2.17. The molecule has 0 saturated carbocycles. The van der Waals surface area contributed by atoms with Crippen LogP contribution >= 0.6 is 0 Å². The van der Waals surface area contributed by atoms with E-state index in [1.165, 1.54) is 22.8 Å². The van der Waals surface area contributed by atoms with Crippen molar-refractivity contribution in [2.75, 3.05) is 0 Å². The molecule has 0 aliphatic rings. The molecule has 0 radical (unpaired) electrons. The molecule has 0 atom stereocenters. The van der Waals surface area contributed by atoms with Crippen LogP contribution in [0.15, 0.2) is 32.3 Å². The van der Waals surface area contributed by atoms with Crippen LogP contribution in [0.1, 0.15) is 13.3 Å². The second-order valence-corrected chi connectivity index (χ2v) is 5.26. The number of aromatic nitrogens is 1. The minimum Gasteiger partial charge on any atom is -0.408 e. The largest absolute Gasteiger partial charge is 0.419 e. The zero-order valence-electron chi connectivity index (χ0n) is 9.21. The molecule has 1 aromatic carbocycles. The van der Waals surface area contributed by atoms with E-state index in [2.05, 4.69) is 0 Å². The number of nitrogens with two attached hydrogens (primary N) is 1. The van der Waals surface area contributed by atoms with Crippen molar-refractivity contribution in [2.24, 2.45) is 5.14 Å². The quantitative estimate of drug-likeness (QED) is 0.872. The third-order valence-corrected chi connectivity index (χ3v) is 3.33. The van der Waals surface area contributed by atoms with E-state index in [1.807, 2.05) is 6.92 Å². The van der Waals surface area contributed by atoms with Crippen molar-refractivity contribution in [3.8, 4) is 0 Å². The molecule has 0 saturated heterocycles. The van der Waals surface area contributed by atoms with Gasteiger partial charge in [-0.1, -0.05) is 6.92 Å². The third kappa shape index (κ3) is 2.11. The molecular weight excluding hydrogens is 244 g/mol. The molecule has 1 aromatic heterocycles. The summed E-state index contributed by atoms with van der Waals surface area (Å²) in [6.45, 7) is 2.46. The van der Waals surface area contributed by atoms with Crippen LogP contribution < -0.4 is 10.9 Å². The molecule has 2 aromatic rings. The normalized spacial score (nSPS) is 12.1. The summed E-state index contributed by atoms with van der Waals surface area (Å²) in [5.74, 6) is -0.492. The Kier molecular flexibility index (Phi) is 2.80. The number of benzene rings is 1. The van der Waals surface area contributed by atoms with E-state index in [0.717, 1.165) is 6.42 Å². The third-order valence-electron chi connectivity index (χ3n) is 2.42. The smallest absolute Gasteiger partial charge is 0.408 e. The van der Waals surface area contributed by atoms with Crippen molar-refractivity contribution >= 4 is 21.1 Å². The molecule has 0 amide bonds. The average Bonchev–Trinajstić information content (AvgIpc) is 2.54. The lowest BCUT2D eigenvalue weighted by atomic mass is 10.3. The van der Waals surface area contributed by atoms with E-state index >= 15 is 0 Å². The summed E-state index contributed by atoms with van der Waals surface area (Å²) in [6, 6.07) is 4.15. The fourth-order valence-corrected chi connectivity index (χ4v) is 2.19. The van der Waals surface area contributed by atoms with Crippen LogP contribution in [0.2, 0.25) is 0 Å². The van der Waals surface area contributed by atoms with Gasteiger partial charge in [0.1, 0.15) is 0 Å². The van der Waals surface area contributed by atoms with Gasteiger partial charge in [0.25, 0.3) is 0 Å². The van der Waals surface area contributed by atoms with E-state index in [-0.39, 0.29) is 10.5 Å². The first-order chi connectivity index (χ1) is 7.93. The highest BCUT2D eigenvalue weighted by atomic mass is 32.2. The minimum absolute atomic E-state index is 0.0672. The molecule has 1 heterocycles. The Morgan fingerprint density at radius 3 is 2.71 bits per heavy atom. The zero-order valence-corrected chi connectivity index (χ0v) is 10.0. The lowest BCUT2D eigenvalue weighted by Crippen LogP contribution is -2.13. The number of sulfonamides is 1. The summed E-state index contributed by atoms with van der Waals surface area (Å²) in [5.41, 5.74) is 0.805. The van der Waals surface area contributed by atoms with Gasteiger partial charge in [-0.05, 0) is 18.6 Å². The van der Waals surface area contributed by atoms with Gasteiger partial charge in [0.2, 0.25) is 10.0 Å². The van der Waals surface area contributed by atoms with Crippen molar-refractivity contribution in [3.05, 3.63) is 28.7 Å². The number of primary sulfonamides is 1. The summed E-state index contributed by atoms with van der Waals surface area (Å²) < 4.78 is 28.7. The van der Waals surface area contributed by atoms with Crippen LogP contribution in [0.3, 0.4) is 0 Å². The Morgan fingerprint density at radius 1 is 1.41 bits per heavy atom. The van der Waals surface area contributed by atoms with E-state index in [4.69, 9.17) is 9.56 Å². The molecule has 2 N–H and O–H groups in total. The van der Waals surface area contributed by atoms with Gasteiger partial charge >= 0.3 is 5.76 Å². The first-order valence-electron chi connectivity index (χ1n) is 5.09. The Hall–Kier alpha value is -1.60. The molecule has 2 rings (SSSR count). The molecule has 0 unspecified atom stereocenters. The highest BCUT2D eigenvalue weighted by molar-refractivity contribution is 7.89. The summed E-state index contributed by atoms with van der Waals surface area (Å²) in [4.78, 5) is 11.4. The van der Waals surface area contributed by atoms with Gasteiger partial charge in [-0.2, -0.15) is 0 Å². The van der Waals surface area contributed by atoms with E-state index < -0.39 is 15.8 Å². The standard InChI is InChI=1S/C10H12N2O4S/c1-2-5-12-8-4-3-7(17(11,14)15)6-9(8)16-10(12)13/h3-4,6H,2,5H2,1H3,(H2,11,14,15). The Morgan fingerprint density at radius 2 is 2.12 bits per heavy atom. The topological polar surface area (TPSA) is 95.3 Å². The summed E-state index contributed by atoms with van der Waals surface area (Å²) in [6.07, 6.45) is 0.783. The molecule has 0 aliphatic carbocycles. The predicted molar refractivity (Wildman–Crippen MR) is 62.1 cm³/mol. The van der Waals surface area contributed by atoms with Gasteiger partial charge in [0.15, 0.2) is 5.58 Å². The van der Waals surface area contributed by atoms with Crippen molar-refractivity contribution < 1.29 is 12.8 Å². The maximum absolute atomic E-state index is 11.5. The van der Waals surface area contributed by atoms with Gasteiger partial charge < -0.3 is 4.42 Å². The lowest BCUT2D eigenvalue weighted by Gasteiger charge is -1.99. The summed E-state index contributed by atoms with van der Waals surface area (Å²) in [5, 5.41) is 5.00. The molecular formula is C10H12N2O4S. The molecule has 0 fully saturated rings. The molecule has 0 bridgehead atoms. The Labute approximate surface area is 97.7 Å². The minimum atomic E-state index is -3.78. The average molecular weight is 256 g/mol. The second-order valence-electron chi connectivity index (χ2n) is 3.69. The molecule has 0 aliphatic heterocycles. The monoisotopic (exact) mass is 256 g/mol. The molecule has 17 heavy (non-hydrogen) atoms. The van der Waals surface area contributed by atoms with Gasteiger partial charge in [-0.25, -0.2) is 18.4 Å². The second kappa shape index (κ2) is 4.01. The maximum atomic E-state index is 11.5. The van der Waals surface area contributed by atoms with Crippen LogP contribution in [-0.4, -0.2) is 13.0 Å². The predicted octanol–water partition coefficient (Wildman–Crippen LogP) is 0.652. The lowest BCUT2D eigenvalue weighted by molar-refractivity contribution is 0.502. The van der Waals surface area contributed by atoms with Crippen LogP contribution in [-0.2, 0) is 16.6 Å². The Balaban J connectivity index is 2.70. The first-order valence-corrected chi connectivity index (χ1v) is 6.64. The number of hydrogen-bond donors (Lipinski definition) is 1. The van der Waals surface area contributed by atoms with E-state index in [0.29, 0.717) is 12.1 Å². The maximum Gasteiger partial charge on any atom is 0.419 e. The summed E-state index contributed by atoms with van der Waals surface area (Å²) in [7, 11) is -3.78. The number of oxazole rings is 1. The molecule has 92 valence electrons. The van der Waals surface area contributed by atoms with E-state index in [9.17, 15) is 13.2 Å². The molecule has 6 nitrogen and oxygen atoms in total. The Bertz CT molecular complexity index is 711. The number of nitrogens with zero attached hydrogens (tertiary/aromatic N) is 1. The highest BCUT2D eigenvalue weighted by Gasteiger charge is 2.13.